The highest BCUT2D eigenvalue weighted by Crippen LogP contribution is 2.45. The third kappa shape index (κ3) is 3.85. The number of ether oxygens (including phenoxy) is 2. The van der Waals surface area contributed by atoms with Gasteiger partial charge in [0.1, 0.15) is 11.7 Å². The molecule has 37 heavy (non-hydrogen) atoms. The van der Waals surface area contributed by atoms with Crippen LogP contribution in [0, 0.1) is 11.3 Å². The summed E-state index contributed by atoms with van der Waals surface area (Å²) in [5.74, 6) is 0. The molecule has 8 nitrogen and oxygen atoms in total. The van der Waals surface area contributed by atoms with Crippen LogP contribution < -0.4 is 15.5 Å². The Morgan fingerprint density at radius 3 is 2.84 bits per heavy atom. The maximum absolute atomic E-state index is 9.55. The Hall–Kier alpha value is -3.22. The summed E-state index contributed by atoms with van der Waals surface area (Å²) in [6.07, 6.45) is 0.307. The lowest BCUT2D eigenvalue weighted by Gasteiger charge is -2.50. The molecule has 5 heterocycles. The zero-order chi connectivity index (χ0) is 26.0. The predicted molar refractivity (Wildman–Crippen MR) is 143 cm³/mol. The SMILES string of the molecule is [2H]c1ccc2c(N3C[C@H](CN4CC5(C4)OCc4cc(N6CC(N)C6)ccc45)O[C@H](C)C3)ccc(C#N)c2n1. The Kier molecular flexibility index (Phi) is 5.12. The van der Waals surface area contributed by atoms with Crippen LogP contribution in [0.3, 0.4) is 0 Å². The largest absolute Gasteiger partial charge is 0.370 e. The highest BCUT2D eigenvalue weighted by atomic mass is 16.5. The van der Waals surface area contributed by atoms with Gasteiger partial charge in [0, 0.05) is 74.8 Å². The highest BCUT2D eigenvalue weighted by molar-refractivity contribution is 5.95. The maximum atomic E-state index is 9.55. The van der Waals surface area contributed by atoms with Crippen LogP contribution in [0.2, 0.25) is 0 Å². The van der Waals surface area contributed by atoms with Crippen LogP contribution in [0.4, 0.5) is 11.4 Å². The number of benzene rings is 2. The minimum atomic E-state index is -0.206. The molecule has 1 aromatic heterocycles. The van der Waals surface area contributed by atoms with E-state index in [-0.39, 0.29) is 30.0 Å². The molecule has 2 N–H and O–H groups in total. The minimum Gasteiger partial charge on any atom is -0.370 e. The van der Waals surface area contributed by atoms with E-state index in [1.807, 2.05) is 18.2 Å². The predicted octanol–water partition coefficient (Wildman–Crippen LogP) is 2.59. The first-order chi connectivity index (χ1) is 18.4. The quantitative estimate of drug-likeness (QED) is 0.588. The zero-order valence-electron chi connectivity index (χ0n) is 22.1. The first-order valence-electron chi connectivity index (χ1n) is 13.6. The number of likely N-dealkylation sites (tertiary alicyclic amines) is 1. The van der Waals surface area contributed by atoms with Crippen molar-refractivity contribution >= 4 is 22.3 Å². The molecule has 7 rings (SSSR count). The lowest BCUT2D eigenvalue weighted by atomic mass is 9.84. The van der Waals surface area contributed by atoms with Crippen LogP contribution >= 0.6 is 0 Å². The van der Waals surface area contributed by atoms with Gasteiger partial charge in [-0.2, -0.15) is 5.26 Å². The Morgan fingerprint density at radius 1 is 1.16 bits per heavy atom. The second-order valence-electron chi connectivity index (χ2n) is 11.0. The van der Waals surface area contributed by atoms with Gasteiger partial charge in [-0.15, -0.1) is 0 Å². The standard InChI is InChI=1S/C29H32N6O2/c1-19-11-35(27-7-4-20(10-30)28-25(27)3-2-8-32-28)15-24(37-19)14-33-17-29(18-33)26-6-5-23(9-21(26)16-36-29)34-12-22(31)13-34/h2-9,19,22,24H,11-18,31H2,1H3/t19-,24+/m1/s1/i8D. The number of anilines is 2. The number of fused-ring (bicyclic) bond motifs is 3. The fourth-order valence-corrected chi connectivity index (χ4v) is 6.53. The van der Waals surface area contributed by atoms with Gasteiger partial charge < -0.3 is 25.0 Å². The molecule has 2 aromatic carbocycles. The van der Waals surface area contributed by atoms with E-state index < -0.39 is 0 Å². The number of hydrogen-bond donors (Lipinski definition) is 1. The number of pyridine rings is 1. The summed E-state index contributed by atoms with van der Waals surface area (Å²) in [4.78, 5) is 11.5. The molecule has 4 aliphatic heterocycles. The minimum absolute atomic E-state index is 0.0593. The van der Waals surface area contributed by atoms with Gasteiger partial charge >= 0.3 is 0 Å². The van der Waals surface area contributed by atoms with E-state index in [0.29, 0.717) is 17.7 Å². The molecule has 4 aliphatic rings. The lowest BCUT2D eigenvalue weighted by molar-refractivity contribution is -0.155. The Morgan fingerprint density at radius 2 is 2.03 bits per heavy atom. The van der Waals surface area contributed by atoms with E-state index in [9.17, 15) is 5.26 Å². The summed E-state index contributed by atoms with van der Waals surface area (Å²) >= 11 is 0. The number of nitrogens with zero attached hydrogens (tertiary/aromatic N) is 5. The average Bonchev–Trinajstić information content (AvgIpc) is 3.24. The molecule has 8 heteroatoms. The van der Waals surface area contributed by atoms with Gasteiger partial charge in [-0.25, -0.2) is 0 Å². The first-order valence-corrected chi connectivity index (χ1v) is 13.1. The molecule has 0 radical (unpaired) electrons. The summed E-state index contributed by atoms with van der Waals surface area (Å²) in [5, 5.41) is 10.5. The molecule has 3 aromatic rings. The van der Waals surface area contributed by atoms with E-state index >= 15 is 0 Å². The van der Waals surface area contributed by atoms with Crippen LogP contribution in [0.25, 0.3) is 10.9 Å². The van der Waals surface area contributed by atoms with Crippen molar-refractivity contribution in [3.63, 3.8) is 0 Å². The van der Waals surface area contributed by atoms with E-state index in [1.165, 1.54) is 16.8 Å². The summed E-state index contributed by atoms with van der Waals surface area (Å²) in [5.41, 5.74) is 11.8. The molecule has 0 amide bonds. The maximum Gasteiger partial charge on any atom is 0.119 e. The zero-order valence-corrected chi connectivity index (χ0v) is 21.1. The number of hydrogen-bond acceptors (Lipinski definition) is 8. The Balaban J connectivity index is 1.04. The molecule has 0 saturated carbocycles. The van der Waals surface area contributed by atoms with Crippen molar-refractivity contribution in [3.8, 4) is 6.07 Å². The van der Waals surface area contributed by atoms with Crippen molar-refractivity contribution < 1.29 is 10.8 Å². The van der Waals surface area contributed by atoms with Gasteiger partial charge in [0.15, 0.2) is 0 Å². The molecule has 2 atom stereocenters. The molecule has 0 bridgehead atoms. The van der Waals surface area contributed by atoms with Crippen molar-refractivity contribution in [1.82, 2.24) is 9.88 Å². The lowest BCUT2D eigenvalue weighted by Crippen LogP contribution is -2.62. The van der Waals surface area contributed by atoms with Gasteiger partial charge in [0.05, 0.1) is 31.3 Å². The molecule has 190 valence electrons. The molecular weight excluding hydrogens is 464 g/mol. The fourth-order valence-electron chi connectivity index (χ4n) is 6.53. The third-order valence-electron chi connectivity index (χ3n) is 8.26. The number of nitriles is 1. The van der Waals surface area contributed by atoms with Crippen molar-refractivity contribution in [2.24, 2.45) is 5.73 Å². The van der Waals surface area contributed by atoms with Crippen molar-refractivity contribution in [3.05, 3.63) is 65.3 Å². The second-order valence-corrected chi connectivity index (χ2v) is 11.0. The fraction of sp³-hybridized carbons (Fsp3) is 0.448. The summed E-state index contributed by atoms with van der Waals surface area (Å²) < 4.78 is 20.7. The second kappa shape index (κ2) is 8.67. The monoisotopic (exact) mass is 497 g/mol. The molecule has 3 fully saturated rings. The topological polar surface area (TPSA) is 90.9 Å². The normalized spacial score (nSPS) is 25.5. The number of aromatic nitrogens is 1. The number of morpholine rings is 1. The van der Waals surface area contributed by atoms with Crippen molar-refractivity contribution in [2.45, 2.75) is 37.4 Å². The number of rotatable bonds is 4. The van der Waals surface area contributed by atoms with Crippen LogP contribution in [0.1, 0.15) is 25.0 Å². The molecular formula is C29H32N6O2. The van der Waals surface area contributed by atoms with Crippen LogP contribution in [0.5, 0.6) is 0 Å². The smallest absolute Gasteiger partial charge is 0.119 e. The Labute approximate surface area is 218 Å². The van der Waals surface area contributed by atoms with Gasteiger partial charge in [0.2, 0.25) is 0 Å². The molecule has 0 aliphatic carbocycles. The van der Waals surface area contributed by atoms with E-state index in [2.05, 4.69) is 50.9 Å². The van der Waals surface area contributed by atoms with Crippen LogP contribution in [-0.4, -0.2) is 73.9 Å². The van der Waals surface area contributed by atoms with Gasteiger partial charge in [0.25, 0.3) is 0 Å². The summed E-state index contributed by atoms with van der Waals surface area (Å²) in [6.45, 7) is 8.75. The van der Waals surface area contributed by atoms with E-state index in [4.69, 9.17) is 16.6 Å². The molecule has 3 saturated heterocycles. The van der Waals surface area contributed by atoms with Gasteiger partial charge in [-0.3, -0.25) is 9.88 Å². The van der Waals surface area contributed by atoms with E-state index in [1.54, 1.807) is 6.07 Å². The summed E-state index contributed by atoms with van der Waals surface area (Å²) in [6, 6.07) is 16.7. The molecule has 1 spiro atoms. The highest BCUT2D eigenvalue weighted by Gasteiger charge is 2.50. The number of nitrogens with two attached hydrogens (primary N) is 1. The molecule has 0 unspecified atom stereocenters. The summed E-state index contributed by atoms with van der Waals surface area (Å²) in [7, 11) is 0. The van der Waals surface area contributed by atoms with Gasteiger partial charge in [-0.1, -0.05) is 6.07 Å². The van der Waals surface area contributed by atoms with Crippen LogP contribution in [0.15, 0.2) is 48.6 Å². The first kappa shape index (κ1) is 21.8. The van der Waals surface area contributed by atoms with Crippen molar-refractivity contribution in [2.75, 3.05) is 55.6 Å². The van der Waals surface area contributed by atoms with Gasteiger partial charge in [-0.05, 0) is 54.4 Å². The third-order valence-corrected chi connectivity index (χ3v) is 8.26. The van der Waals surface area contributed by atoms with Crippen LogP contribution in [-0.2, 0) is 21.7 Å². The Bertz CT molecular complexity index is 1440. The van der Waals surface area contributed by atoms with E-state index in [0.717, 1.165) is 56.9 Å². The van der Waals surface area contributed by atoms with Crippen molar-refractivity contribution in [1.29, 1.82) is 5.26 Å². The average molecular weight is 498 g/mol.